The molecule has 1 unspecified atom stereocenters. The van der Waals surface area contributed by atoms with Crippen LogP contribution in [0, 0.1) is 0 Å². The maximum atomic E-state index is 13.3. The van der Waals surface area contributed by atoms with Gasteiger partial charge in [0.1, 0.15) is 6.04 Å². The van der Waals surface area contributed by atoms with E-state index in [1.165, 1.54) is 12.8 Å². The largest absolute Gasteiger partial charge is 0.352 e. The second kappa shape index (κ2) is 8.91. The van der Waals surface area contributed by atoms with Crippen LogP contribution in [0.15, 0.2) is 67.3 Å². The number of rotatable bonds is 7. The SMILES string of the molecule is C=CCN(c1ccccc1)C(C(=O)NC1CCCC1)c1ccc(Cl)cc1. The number of nitrogens with zero attached hydrogens (tertiary/aromatic N) is 1. The van der Waals surface area contributed by atoms with Crippen molar-refractivity contribution < 1.29 is 4.79 Å². The number of benzene rings is 2. The molecule has 1 N–H and O–H groups in total. The Bertz CT molecular complexity index is 724. The van der Waals surface area contributed by atoms with Gasteiger partial charge in [-0.25, -0.2) is 0 Å². The summed E-state index contributed by atoms with van der Waals surface area (Å²) in [5.41, 5.74) is 1.92. The Hall–Kier alpha value is -2.26. The molecule has 0 spiro atoms. The van der Waals surface area contributed by atoms with E-state index in [0.29, 0.717) is 11.6 Å². The van der Waals surface area contributed by atoms with E-state index in [1.807, 2.05) is 60.7 Å². The molecule has 1 saturated carbocycles. The molecule has 1 amide bonds. The van der Waals surface area contributed by atoms with E-state index in [4.69, 9.17) is 11.6 Å². The molecule has 1 atom stereocenters. The third-order valence-corrected chi connectivity index (χ3v) is 5.11. The van der Waals surface area contributed by atoms with Crippen molar-refractivity contribution in [3.63, 3.8) is 0 Å². The summed E-state index contributed by atoms with van der Waals surface area (Å²) in [5, 5.41) is 3.92. The zero-order valence-corrected chi connectivity index (χ0v) is 15.7. The minimum Gasteiger partial charge on any atom is -0.352 e. The highest BCUT2D eigenvalue weighted by molar-refractivity contribution is 6.30. The van der Waals surface area contributed by atoms with Crippen LogP contribution in [0.2, 0.25) is 5.02 Å². The molecule has 2 aromatic rings. The monoisotopic (exact) mass is 368 g/mol. The second-order valence-corrected chi connectivity index (χ2v) is 7.16. The van der Waals surface area contributed by atoms with Gasteiger partial charge in [-0.3, -0.25) is 4.79 Å². The fourth-order valence-corrected chi connectivity index (χ4v) is 3.71. The van der Waals surface area contributed by atoms with Crippen molar-refractivity contribution in [2.45, 2.75) is 37.8 Å². The smallest absolute Gasteiger partial charge is 0.247 e. The Kier molecular flexibility index (Phi) is 6.35. The van der Waals surface area contributed by atoms with Crippen LogP contribution in [0.5, 0.6) is 0 Å². The van der Waals surface area contributed by atoms with Crippen LogP contribution in [-0.4, -0.2) is 18.5 Å². The van der Waals surface area contributed by atoms with Crippen LogP contribution < -0.4 is 10.2 Å². The summed E-state index contributed by atoms with van der Waals surface area (Å²) in [6.45, 7) is 4.46. The fourth-order valence-electron chi connectivity index (χ4n) is 3.59. The number of hydrogen-bond donors (Lipinski definition) is 1. The van der Waals surface area contributed by atoms with Gasteiger partial charge >= 0.3 is 0 Å². The number of carbonyl (C=O) groups excluding carboxylic acids is 1. The van der Waals surface area contributed by atoms with Crippen LogP contribution in [0.3, 0.4) is 0 Å². The van der Waals surface area contributed by atoms with Gasteiger partial charge in [0.15, 0.2) is 0 Å². The van der Waals surface area contributed by atoms with Crippen molar-refractivity contribution in [1.29, 1.82) is 0 Å². The van der Waals surface area contributed by atoms with Crippen molar-refractivity contribution in [3.8, 4) is 0 Å². The van der Waals surface area contributed by atoms with Gasteiger partial charge in [0, 0.05) is 23.3 Å². The normalized spacial score (nSPS) is 15.4. The Balaban J connectivity index is 1.95. The molecule has 0 radical (unpaired) electrons. The highest BCUT2D eigenvalue weighted by Crippen LogP contribution is 2.29. The molecule has 0 saturated heterocycles. The zero-order valence-electron chi connectivity index (χ0n) is 14.9. The number of anilines is 1. The summed E-state index contributed by atoms with van der Waals surface area (Å²) in [5.74, 6) is 0.0323. The maximum absolute atomic E-state index is 13.3. The van der Waals surface area contributed by atoms with Gasteiger partial charge in [0.25, 0.3) is 0 Å². The van der Waals surface area contributed by atoms with E-state index in [1.54, 1.807) is 0 Å². The lowest BCUT2D eigenvalue weighted by molar-refractivity contribution is -0.123. The van der Waals surface area contributed by atoms with Gasteiger partial charge in [-0.15, -0.1) is 6.58 Å². The summed E-state index contributed by atoms with van der Waals surface area (Å²) in [6.07, 6.45) is 6.33. The van der Waals surface area contributed by atoms with Crippen molar-refractivity contribution in [2.75, 3.05) is 11.4 Å². The number of amides is 1. The summed E-state index contributed by atoms with van der Waals surface area (Å²) in [7, 11) is 0. The first-order valence-corrected chi connectivity index (χ1v) is 9.55. The summed E-state index contributed by atoms with van der Waals surface area (Å²) < 4.78 is 0. The minimum absolute atomic E-state index is 0.0323. The molecule has 0 heterocycles. The van der Waals surface area contributed by atoms with Gasteiger partial charge in [-0.05, 0) is 42.7 Å². The van der Waals surface area contributed by atoms with E-state index in [9.17, 15) is 4.79 Å². The number of nitrogens with one attached hydrogen (secondary N) is 1. The maximum Gasteiger partial charge on any atom is 0.247 e. The number of carbonyl (C=O) groups is 1. The quantitative estimate of drug-likeness (QED) is 0.687. The Morgan fingerprint density at radius 3 is 2.42 bits per heavy atom. The van der Waals surface area contributed by atoms with Gasteiger partial charge in [0.05, 0.1) is 0 Å². The van der Waals surface area contributed by atoms with Gasteiger partial charge in [0.2, 0.25) is 5.91 Å². The third-order valence-electron chi connectivity index (χ3n) is 4.86. The van der Waals surface area contributed by atoms with Gasteiger partial charge in [-0.2, -0.15) is 0 Å². The molecule has 1 aliphatic carbocycles. The second-order valence-electron chi connectivity index (χ2n) is 6.72. The topological polar surface area (TPSA) is 32.3 Å². The van der Waals surface area contributed by atoms with E-state index < -0.39 is 6.04 Å². The predicted octanol–water partition coefficient (Wildman–Crippen LogP) is 5.13. The van der Waals surface area contributed by atoms with Gasteiger partial charge < -0.3 is 10.2 Å². The van der Waals surface area contributed by atoms with E-state index in [-0.39, 0.29) is 11.9 Å². The van der Waals surface area contributed by atoms with Crippen LogP contribution >= 0.6 is 11.6 Å². The standard InChI is InChI=1S/C22H25ClN2O/c1-2-16-25(20-10-4-3-5-11-20)21(17-12-14-18(23)15-13-17)22(26)24-19-8-6-7-9-19/h2-5,10-15,19,21H,1,6-9,16H2,(H,24,26). The molecule has 0 bridgehead atoms. The summed E-state index contributed by atoms with van der Waals surface area (Å²) >= 11 is 6.06. The predicted molar refractivity (Wildman–Crippen MR) is 109 cm³/mol. The minimum atomic E-state index is -0.423. The molecule has 2 aromatic carbocycles. The molecule has 136 valence electrons. The number of para-hydroxylation sites is 1. The van der Waals surface area contributed by atoms with Crippen molar-refractivity contribution in [1.82, 2.24) is 5.32 Å². The lowest BCUT2D eigenvalue weighted by Crippen LogP contribution is -2.44. The highest BCUT2D eigenvalue weighted by Gasteiger charge is 2.29. The Morgan fingerprint density at radius 1 is 1.15 bits per heavy atom. The molecule has 3 nitrogen and oxygen atoms in total. The molecule has 1 fully saturated rings. The van der Waals surface area contributed by atoms with Crippen LogP contribution in [0.25, 0.3) is 0 Å². The fraction of sp³-hybridized carbons (Fsp3) is 0.318. The van der Waals surface area contributed by atoms with E-state index >= 15 is 0 Å². The molecule has 0 aliphatic heterocycles. The first-order valence-electron chi connectivity index (χ1n) is 9.17. The molecule has 1 aliphatic rings. The number of halogens is 1. The van der Waals surface area contributed by atoms with Crippen LogP contribution in [-0.2, 0) is 4.79 Å². The summed E-state index contributed by atoms with van der Waals surface area (Å²) in [6, 6.07) is 17.4. The molecule has 26 heavy (non-hydrogen) atoms. The third kappa shape index (κ3) is 4.47. The number of hydrogen-bond acceptors (Lipinski definition) is 2. The van der Waals surface area contributed by atoms with Gasteiger partial charge in [-0.1, -0.05) is 60.9 Å². The van der Waals surface area contributed by atoms with Crippen molar-refractivity contribution in [2.24, 2.45) is 0 Å². The summed E-state index contributed by atoms with van der Waals surface area (Å²) in [4.78, 5) is 15.3. The lowest BCUT2D eigenvalue weighted by Gasteiger charge is -2.33. The van der Waals surface area contributed by atoms with Crippen molar-refractivity contribution >= 4 is 23.2 Å². The first kappa shape index (κ1) is 18.5. The van der Waals surface area contributed by atoms with Crippen LogP contribution in [0.1, 0.15) is 37.3 Å². The van der Waals surface area contributed by atoms with E-state index in [2.05, 4.69) is 16.8 Å². The molecule has 4 heteroatoms. The molecule has 0 aromatic heterocycles. The average molecular weight is 369 g/mol. The molecule has 3 rings (SSSR count). The van der Waals surface area contributed by atoms with Crippen LogP contribution in [0.4, 0.5) is 5.69 Å². The van der Waals surface area contributed by atoms with E-state index in [0.717, 1.165) is 24.1 Å². The highest BCUT2D eigenvalue weighted by atomic mass is 35.5. The van der Waals surface area contributed by atoms with Crippen molar-refractivity contribution in [3.05, 3.63) is 77.8 Å². The lowest BCUT2D eigenvalue weighted by atomic mass is 10.0. The molecular weight excluding hydrogens is 344 g/mol. The zero-order chi connectivity index (χ0) is 18.4. The first-order chi connectivity index (χ1) is 12.7. The Morgan fingerprint density at radius 2 is 1.81 bits per heavy atom. The Labute approximate surface area is 160 Å². The average Bonchev–Trinajstić information content (AvgIpc) is 3.16. The molecular formula is C22H25ClN2O.